The largest absolute Gasteiger partial charge is 0.395 e. The first-order valence-corrected chi connectivity index (χ1v) is 6.87. The van der Waals surface area contributed by atoms with Gasteiger partial charge in [0.2, 0.25) is 0 Å². The number of rotatable bonds is 5. The number of likely N-dealkylation sites (N-methyl/N-ethyl adjacent to an activating group) is 1. The van der Waals surface area contributed by atoms with E-state index in [1.54, 1.807) is 11.3 Å². The fraction of sp³-hybridized carbons (Fsp3) is 0.571. The van der Waals surface area contributed by atoms with E-state index in [0.717, 1.165) is 12.1 Å². The molecule has 2 N–H and O–H groups in total. The van der Waals surface area contributed by atoms with Crippen LogP contribution in [0.15, 0.2) is 11.4 Å². The molecule has 1 rings (SSSR count). The van der Waals surface area contributed by atoms with E-state index in [-0.39, 0.29) is 18.8 Å². The molecule has 0 radical (unpaired) electrons. The Labute approximate surface area is 113 Å². The molecular weight excluding hydrogens is 246 g/mol. The van der Waals surface area contributed by atoms with Crippen LogP contribution in [-0.4, -0.2) is 40.9 Å². The van der Waals surface area contributed by atoms with E-state index in [4.69, 9.17) is 5.11 Å². The van der Waals surface area contributed by atoms with Crippen molar-refractivity contribution in [2.24, 2.45) is 0 Å². The fourth-order valence-electron chi connectivity index (χ4n) is 1.32. The number of aliphatic hydroxyl groups is 2. The Bertz CT molecular complexity index is 428. The Morgan fingerprint density at radius 2 is 2.11 bits per heavy atom. The first-order chi connectivity index (χ1) is 8.49. The van der Waals surface area contributed by atoms with Gasteiger partial charge < -0.3 is 10.2 Å². The number of aliphatic hydroxyl groups excluding tert-OH is 2. The Morgan fingerprint density at radius 3 is 2.72 bits per heavy atom. The maximum atomic E-state index is 9.31. The molecule has 0 aliphatic heterocycles. The highest BCUT2D eigenvalue weighted by atomic mass is 32.1. The van der Waals surface area contributed by atoms with Gasteiger partial charge in [-0.1, -0.05) is 11.8 Å². The molecule has 1 aromatic heterocycles. The molecule has 4 heteroatoms. The Hall–Kier alpha value is -0.860. The minimum absolute atomic E-state index is 0.109. The monoisotopic (exact) mass is 267 g/mol. The lowest BCUT2D eigenvalue weighted by Crippen LogP contribution is -2.43. The van der Waals surface area contributed by atoms with Crippen molar-refractivity contribution in [2.75, 3.05) is 20.3 Å². The summed E-state index contributed by atoms with van der Waals surface area (Å²) in [6.07, 6.45) is 0.516. The maximum Gasteiger partial charge on any atom is 0.0610 e. The summed E-state index contributed by atoms with van der Waals surface area (Å²) >= 11 is 1.67. The molecular formula is C14H21NO2S. The molecule has 0 saturated heterocycles. The summed E-state index contributed by atoms with van der Waals surface area (Å²) in [5.74, 6) is 5.94. The first-order valence-electron chi connectivity index (χ1n) is 5.99. The molecule has 0 aliphatic rings. The van der Waals surface area contributed by atoms with Gasteiger partial charge in [-0.3, -0.25) is 4.90 Å². The third-order valence-corrected chi connectivity index (χ3v) is 3.86. The standard InChI is InChI=1S/C14H21NO2S/c1-14(2,11-17)15(3)9-13-8-12(10-18-13)6-4-5-7-16/h8,10,16-17H,5,7,9,11H2,1-3H3. The van der Waals surface area contributed by atoms with Crippen molar-refractivity contribution in [3.63, 3.8) is 0 Å². The van der Waals surface area contributed by atoms with Gasteiger partial charge in [0.1, 0.15) is 0 Å². The number of hydrogen-bond acceptors (Lipinski definition) is 4. The Balaban J connectivity index is 2.62. The summed E-state index contributed by atoms with van der Waals surface area (Å²) in [6.45, 7) is 5.08. The first kappa shape index (κ1) is 15.2. The third kappa shape index (κ3) is 4.43. The van der Waals surface area contributed by atoms with E-state index >= 15 is 0 Å². The van der Waals surface area contributed by atoms with Crippen LogP contribution >= 0.6 is 11.3 Å². The summed E-state index contributed by atoms with van der Waals surface area (Å²) in [6, 6.07) is 2.07. The molecule has 0 aliphatic carbocycles. The molecule has 3 nitrogen and oxygen atoms in total. The molecule has 0 aromatic carbocycles. The smallest absolute Gasteiger partial charge is 0.0610 e. The highest BCUT2D eigenvalue weighted by Crippen LogP contribution is 2.20. The van der Waals surface area contributed by atoms with Crippen LogP contribution in [-0.2, 0) is 6.54 Å². The molecule has 0 amide bonds. The van der Waals surface area contributed by atoms with Crippen LogP contribution in [0.5, 0.6) is 0 Å². The zero-order chi connectivity index (χ0) is 13.6. The molecule has 18 heavy (non-hydrogen) atoms. The summed E-state index contributed by atoms with van der Waals surface area (Å²) in [5, 5.41) is 20.0. The topological polar surface area (TPSA) is 43.7 Å². The van der Waals surface area contributed by atoms with Gasteiger partial charge in [0, 0.05) is 34.3 Å². The fourth-order valence-corrected chi connectivity index (χ4v) is 2.19. The molecule has 0 saturated carbocycles. The minimum Gasteiger partial charge on any atom is -0.395 e. The predicted octanol–water partition coefficient (Wildman–Crippen LogP) is 1.68. The third-order valence-electron chi connectivity index (χ3n) is 2.94. The Kier molecular flexibility index (Phi) is 5.83. The molecule has 1 heterocycles. The van der Waals surface area contributed by atoms with E-state index in [9.17, 15) is 5.11 Å². The van der Waals surface area contributed by atoms with Crippen molar-refractivity contribution in [1.82, 2.24) is 4.90 Å². The van der Waals surface area contributed by atoms with Crippen molar-refractivity contribution < 1.29 is 10.2 Å². The molecule has 0 unspecified atom stereocenters. The molecule has 1 aromatic rings. The van der Waals surface area contributed by atoms with E-state index in [1.165, 1.54) is 4.88 Å². The van der Waals surface area contributed by atoms with Gasteiger partial charge in [-0.2, -0.15) is 0 Å². The summed E-state index contributed by atoms with van der Waals surface area (Å²) < 4.78 is 0. The van der Waals surface area contributed by atoms with E-state index in [0.29, 0.717) is 6.42 Å². The van der Waals surface area contributed by atoms with Crippen LogP contribution < -0.4 is 0 Å². The van der Waals surface area contributed by atoms with Gasteiger partial charge in [-0.15, -0.1) is 11.3 Å². The summed E-state index contributed by atoms with van der Waals surface area (Å²) in [4.78, 5) is 3.36. The molecule has 100 valence electrons. The second kappa shape index (κ2) is 6.91. The van der Waals surface area contributed by atoms with Gasteiger partial charge in [0.15, 0.2) is 0 Å². The second-order valence-corrected chi connectivity index (χ2v) is 5.90. The van der Waals surface area contributed by atoms with E-state index in [2.05, 4.69) is 22.8 Å². The molecule has 0 fully saturated rings. The zero-order valence-electron chi connectivity index (χ0n) is 11.2. The van der Waals surface area contributed by atoms with Crippen LogP contribution in [0.3, 0.4) is 0 Å². The average Bonchev–Trinajstić information content (AvgIpc) is 2.77. The van der Waals surface area contributed by atoms with Gasteiger partial charge in [-0.25, -0.2) is 0 Å². The summed E-state index contributed by atoms with van der Waals surface area (Å²) in [7, 11) is 2.01. The summed E-state index contributed by atoms with van der Waals surface area (Å²) in [5.41, 5.74) is 0.783. The lowest BCUT2D eigenvalue weighted by atomic mass is 10.1. The van der Waals surface area contributed by atoms with Gasteiger partial charge >= 0.3 is 0 Å². The average molecular weight is 267 g/mol. The Morgan fingerprint density at radius 1 is 1.39 bits per heavy atom. The van der Waals surface area contributed by atoms with Crippen molar-refractivity contribution in [2.45, 2.75) is 32.4 Å². The zero-order valence-corrected chi connectivity index (χ0v) is 12.0. The number of thiophene rings is 1. The van der Waals surface area contributed by atoms with Crippen molar-refractivity contribution in [3.8, 4) is 11.8 Å². The minimum atomic E-state index is -0.216. The van der Waals surface area contributed by atoms with Crippen molar-refractivity contribution >= 4 is 11.3 Å². The molecule has 0 bridgehead atoms. The van der Waals surface area contributed by atoms with Gasteiger partial charge in [-0.05, 0) is 27.0 Å². The van der Waals surface area contributed by atoms with E-state index in [1.807, 2.05) is 26.3 Å². The van der Waals surface area contributed by atoms with Gasteiger partial charge in [0.25, 0.3) is 0 Å². The van der Waals surface area contributed by atoms with Crippen LogP contribution in [0.4, 0.5) is 0 Å². The van der Waals surface area contributed by atoms with Crippen LogP contribution in [0.25, 0.3) is 0 Å². The molecule has 0 spiro atoms. The lowest BCUT2D eigenvalue weighted by Gasteiger charge is -2.33. The lowest BCUT2D eigenvalue weighted by molar-refractivity contribution is 0.0741. The molecule has 0 atom stereocenters. The highest BCUT2D eigenvalue weighted by molar-refractivity contribution is 7.10. The maximum absolute atomic E-state index is 9.31. The van der Waals surface area contributed by atoms with Crippen molar-refractivity contribution in [1.29, 1.82) is 0 Å². The number of hydrogen-bond donors (Lipinski definition) is 2. The SMILES string of the molecule is CN(Cc1cc(C#CCCO)cs1)C(C)(C)CO. The highest BCUT2D eigenvalue weighted by Gasteiger charge is 2.22. The van der Waals surface area contributed by atoms with Crippen molar-refractivity contribution in [3.05, 3.63) is 21.9 Å². The van der Waals surface area contributed by atoms with Crippen LogP contribution in [0, 0.1) is 11.8 Å². The van der Waals surface area contributed by atoms with Gasteiger partial charge in [0.05, 0.1) is 13.2 Å². The second-order valence-electron chi connectivity index (χ2n) is 4.90. The normalized spacial score (nSPS) is 11.4. The number of nitrogens with zero attached hydrogens (tertiary/aromatic N) is 1. The quantitative estimate of drug-likeness (QED) is 0.798. The van der Waals surface area contributed by atoms with Crippen LogP contribution in [0.2, 0.25) is 0 Å². The van der Waals surface area contributed by atoms with Crippen LogP contribution in [0.1, 0.15) is 30.7 Å². The predicted molar refractivity (Wildman–Crippen MR) is 75.5 cm³/mol. The van der Waals surface area contributed by atoms with E-state index < -0.39 is 0 Å².